The van der Waals surface area contributed by atoms with Gasteiger partial charge in [0.15, 0.2) is 5.69 Å². The summed E-state index contributed by atoms with van der Waals surface area (Å²) in [6.07, 6.45) is 0.191. The highest BCUT2D eigenvalue weighted by Crippen LogP contribution is 2.31. The van der Waals surface area contributed by atoms with Gasteiger partial charge >= 0.3 is 5.97 Å². The smallest absolute Gasteiger partial charge is 0.354 e. The lowest BCUT2D eigenvalue weighted by molar-refractivity contribution is -0.118. The Kier molecular flexibility index (Phi) is 5.07. The molecule has 3 rings (SSSR count). The first-order valence-electron chi connectivity index (χ1n) is 8.49. The van der Waals surface area contributed by atoms with Gasteiger partial charge in [0, 0.05) is 19.5 Å². The Balaban J connectivity index is 1.85. The summed E-state index contributed by atoms with van der Waals surface area (Å²) in [5.41, 5.74) is 1.14. The van der Waals surface area contributed by atoms with Gasteiger partial charge in [-0.15, -0.1) is 0 Å². The summed E-state index contributed by atoms with van der Waals surface area (Å²) in [6.45, 7) is 1.81. The van der Waals surface area contributed by atoms with E-state index < -0.39 is 5.97 Å². The third kappa shape index (κ3) is 3.89. The van der Waals surface area contributed by atoms with Gasteiger partial charge in [-0.05, 0) is 31.2 Å². The molecule has 1 aromatic heterocycles. The largest absolute Gasteiger partial charge is 0.477 e. The average Bonchev–Trinajstić information content (AvgIpc) is 2.75. The van der Waals surface area contributed by atoms with Gasteiger partial charge in [0.1, 0.15) is 5.82 Å². The Labute approximate surface area is 156 Å². The van der Waals surface area contributed by atoms with Crippen molar-refractivity contribution in [2.45, 2.75) is 19.4 Å². The Morgan fingerprint density at radius 3 is 2.74 bits per heavy atom. The first-order chi connectivity index (χ1) is 12.9. The SMILES string of the molecule is CC1CC(=O)Nc2ccccc2N1C(=O)CN(C)c1cccc(C(=O)O)n1. The second-order valence-corrected chi connectivity index (χ2v) is 6.42. The number of fused-ring (bicyclic) bond motifs is 1. The number of rotatable bonds is 4. The van der Waals surface area contributed by atoms with E-state index in [4.69, 9.17) is 5.11 Å². The first kappa shape index (κ1) is 18.4. The first-order valence-corrected chi connectivity index (χ1v) is 8.49. The van der Waals surface area contributed by atoms with Gasteiger partial charge in [-0.2, -0.15) is 0 Å². The van der Waals surface area contributed by atoms with E-state index in [0.717, 1.165) is 0 Å². The Morgan fingerprint density at radius 2 is 2.00 bits per heavy atom. The Hall–Kier alpha value is -3.42. The second-order valence-electron chi connectivity index (χ2n) is 6.42. The van der Waals surface area contributed by atoms with Crippen LogP contribution in [0.4, 0.5) is 17.2 Å². The number of benzene rings is 1. The number of carbonyl (C=O) groups is 3. The molecule has 2 aromatic rings. The van der Waals surface area contributed by atoms with Crippen LogP contribution in [0.1, 0.15) is 23.8 Å². The molecule has 1 atom stereocenters. The van der Waals surface area contributed by atoms with Crippen molar-refractivity contribution >= 4 is 35.0 Å². The predicted octanol–water partition coefficient (Wildman–Crippen LogP) is 1.98. The summed E-state index contributed by atoms with van der Waals surface area (Å²) in [7, 11) is 1.67. The molecule has 1 aliphatic rings. The standard InChI is InChI=1S/C19H20N4O4/c1-12-10-17(24)21-13-6-3-4-8-15(13)23(12)18(25)11-22(2)16-9-5-7-14(20-16)19(26)27/h3-9,12H,10-11H2,1-2H3,(H,21,24)(H,26,27). The predicted molar refractivity (Wildman–Crippen MR) is 101 cm³/mol. The van der Waals surface area contributed by atoms with E-state index in [1.807, 2.05) is 13.0 Å². The highest BCUT2D eigenvalue weighted by molar-refractivity contribution is 6.05. The number of anilines is 3. The molecule has 0 radical (unpaired) electrons. The molecular weight excluding hydrogens is 348 g/mol. The lowest BCUT2D eigenvalue weighted by atomic mass is 10.1. The van der Waals surface area contributed by atoms with E-state index >= 15 is 0 Å². The van der Waals surface area contributed by atoms with Crippen LogP contribution in [-0.2, 0) is 9.59 Å². The number of amides is 2. The Bertz CT molecular complexity index is 899. The van der Waals surface area contributed by atoms with Crippen molar-refractivity contribution < 1.29 is 19.5 Å². The van der Waals surface area contributed by atoms with Gasteiger partial charge in [-0.1, -0.05) is 18.2 Å². The number of para-hydroxylation sites is 2. The number of carbonyl (C=O) groups excluding carboxylic acids is 2. The molecule has 2 heterocycles. The zero-order valence-electron chi connectivity index (χ0n) is 15.0. The number of nitrogens with zero attached hydrogens (tertiary/aromatic N) is 3. The molecule has 1 aliphatic heterocycles. The summed E-state index contributed by atoms with van der Waals surface area (Å²) in [5.74, 6) is -1.10. The van der Waals surface area contributed by atoms with Gasteiger partial charge in [0.25, 0.3) is 0 Å². The van der Waals surface area contributed by atoms with E-state index in [0.29, 0.717) is 17.2 Å². The van der Waals surface area contributed by atoms with Crippen molar-refractivity contribution in [3.8, 4) is 0 Å². The molecule has 0 bridgehead atoms. The van der Waals surface area contributed by atoms with Crippen LogP contribution in [0.5, 0.6) is 0 Å². The number of likely N-dealkylation sites (N-methyl/N-ethyl adjacent to an activating group) is 1. The van der Waals surface area contributed by atoms with Crippen LogP contribution in [0.3, 0.4) is 0 Å². The molecule has 140 valence electrons. The van der Waals surface area contributed by atoms with Crippen LogP contribution >= 0.6 is 0 Å². The van der Waals surface area contributed by atoms with Crippen LogP contribution in [0.25, 0.3) is 0 Å². The topological polar surface area (TPSA) is 103 Å². The fraction of sp³-hybridized carbons (Fsp3) is 0.263. The third-order valence-corrected chi connectivity index (χ3v) is 4.34. The quantitative estimate of drug-likeness (QED) is 0.855. The highest BCUT2D eigenvalue weighted by Gasteiger charge is 2.30. The number of carboxylic acid groups (broad SMARTS) is 1. The van der Waals surface area contributed by atoms with Crippen molar-refractivity contribution in [3.63, 3.8) is 0 Å². The molecule has 0 fully saturated rings. The fourth-order valence-corrected chi connectivity index (χ4v) is 3.08. The summed E-state index contributed by atoms with van der Waals surface area (Å²) in [4.78, 5) is 43.4. The van der Waals surface area contributed by atoms with Crippen LogP contribution in [-0.4, -0.2) is 47.5 Å². The molecule has 0 saturated carbocycles. The maximum absolute atomic E-state index is 13.0. The van der Waals surface area contributed by atoms with Crippen molar-refractivity contribution in [2.24, 2.45) is 0 Å². The number of hydrogen-bond donors (Lipinski definition) is 2. The van der Waals surface area contributed by atoms with Crippen LogP contribution in [0.15, 0.2) is 42.5 Å². The number of aromatic nitrogens is 1. The highest BCUT2D eigenvalue weighted by atomic mass is 16.4. The lowest BCUT2D eigenvalue weighted by Gasteiger charge is -2.30. The maximum Gasteiger partial charge on any atom is 0.354 e. The van der Waals surface area contributed by atoms with Crippen LogP contribution < -0.4 is 15.1 Å². The molecule has 0 spiro atoms. The number of nitrogens with one attached hydrogen (secondary N) is 1. The minimum Gasteiger partial charge on any atom is -0.477 e. The van der Waals surface area contributed by atoms with Crippen molar-refractivity contribution in [3.05, 3.63) is 48.2 Å². The zero-order chi connectivity index (χ0) is 19.6. The minimum absolute atomic E-state index is 0.0110. The third-order valence-electron chi connectivity index (χ3n) is 4.34. The molecule has 2 amide bonds. The molecule has 27 heavy (non-hydrogen) atoms. The molecule has 1 unspecified atom stereocenters. The average molecular weight is 368 g/mol. The van der Waals surface area contributed by atoms with E-state index in [9.17, 15) is 14.4 Å². The normalized spacial score (nSPS) is 16.1. The van der Waals surface area contributed by atoms with Crippen molar-refractivity contribution in [2.75, 3.05) is 28.7 Å². The molecule has 1 aromatic carbocycles. The summed E-state index contributed by atoms with van der Waals surface area (Å²) in [6, 6.07) is 11.5. The summed E-state index contributed by atoms with van der Waals surface area (Å²) < 4.78 is 0. The molecule has 8 heteroatoms. The Morgan fingerprint density at radius 1 is 1.26 bits per heavy atom. The number of aromatic carboxylic acids is 1. The van der Waals surface area contributed by atoms with E-state index in [1.54, 1.807) is 47.2 Å². The van der Waals surface area contributed by atoms with Gasteiger partial charge in [0.2, 0.25) is 11.8 Å². The number of pyridine rings is 1. The molecular formula is C19H20N4O4. The molecule has 0 aliphatic carbocycles. The monoisotopic (exact) mass is 368 g/mol. The van der Waals surface area contributed by atoms with E-state index in [2.05, 4.69) is 10.3 Å². The zero-order valence-corrected chi connectivity index (χ0v) is 15.0. The van der Waals surface area contributed by atoms with Gasteiger partial charge < -0.3 is 20.2 Å². The number of hydrogen-bond acceptors (Lipinski definition) is 5. The van der Waals surface area contributed by atoms with Gasteiger partial charge in [0.05, 0.1) is 17.9 Å². The summed E-state index contributed by atoms with van der Waals surface area (Å²) in [5, 5.41) is 11.9. The lowest BCUT2D eigenvalue weighted by Crippen LogP contribution is -2.44. The van der Waals surface area contributed by atoms with Gasteiger partial charge in [-0.3, -0.25) is 9.59 Å². The van der Waals surface area contributed by atoms with Crippen molar-refractivity contribution in [1.29, 1.82) is 0 Å². The van der Waals surface area contributed by atoms with Crippen LogP contribution in [0, 0.1) is 0 Å². The molecule has 8 nitrogen and oxygen atoms in total. The van der Waals surface area contributed by atoms with Crippen LogP contribution in [0.2, 0.25) is 0 Å². The van der Waals surface area contributed by atoms with Gasteiger partial charge in [-0.25, -0.2) is 9.78 Å². The minimum atomic E-state index is -1.13. The number of carboxylic acids is 1. The molecule has 0 saturated heterocycles. The fourth-order valence-electron chi connectivity index (χ4n) is 3.08. The maximum atomic E-state index is 13.0. The molecule has 2 N–H and O–H groups in total. The van der Waals surface area contributed by atoms with E-state index in [1.165, 1.54) is 6.07 Å². The van der Waals surface area contributed by atoms with Crippen molar-refractivity contribution in [1.82, 2.24) is 4.98 Å². The second kappa shape index (κ2) is 7.45. The van der Waals surface area contributed by atoms with E-state index in [-0.39, 0.29) is 36.5 Å². The summed E-state index contributed by atoms with van der Waals surface area (Å²) >= 11 is 0.